The molecule has 2 aromatic carbocycles. The molecule has 0 aromatic heterocycles. The van der Waals surface area contributed by atoms with Gasteiger partial charge in [0.15, 0.2) is 0 Å². The van der Waals surface area contributed by atoms with E-state index in [0.29, 0.717) is 13.1 Å². The van der Waals surface area contributed by atoms with Crippen LogP contribution in [0.4, 0.5) is 0 Å². The minimum Gasteiger partial charge on any atom is -0.395 e. The SMILES string of the molecule is CC(=O)N1CC2(C1)[C@H](c1ccccc1)[C@H](CO)N2S(=O)(=O)c1ccccc1. The molecule has 0 saturated carbocycles. The molecule has 2 heterocycles. The summed E-state index contributed by atoms with van der Waals surface area (Å²) in [5, 5.41) is 10.0. The van der Waals surface area contributed by atoms with Gasteiger partial charge >= 0.3 is 0 Å². The summed E-state index contributed by atoms with van der Waals surface area (Å²) in [6.45, 7) is 1.89. The normalized spacial score (nSPS) is 24.3. The molecule has 2 atom stereocenters. The number of likely N-dealkylation sites (tertiary alicyclic amines) is 1. The Bertz CT molecular complexity index is 940. The first-order valence-electron chi connectivity index (χ1n) is 8.93. The van der Waals surface area contributed by atoms with Crippen molar-refractivity contribution < 1.29 is 18.3 Å². The highest BCUT2D eigenvalue weighted by Crippen LogP contribution is 2.56. The number of rotatable bonds is 4. The molecule has 1 N–H and O–H groups in total. The second kappa shape index (κ2) is 6.44. The summed E-state index contributed by atoms with van der Waals surface area (Å²) in [5.74, 6) is -0.227. The fourth-order valence-corrected chi connectivity index (χ4v) is 6.53. The first kappa shape index (κ1) is 18.2. The Morgan fingerprint density at radius 2 is 1.63 bits per heavy atom. The lowest BCUT2D eigenvalue weighted by molar-refractivity contribution is -0.165. The Kier molecular flexibility index (Phi) is 4.33. The van der Waals surface area contributed by atoms with Crippen molar-refractivity contribution >= 4 is 15.9 Å². The maximum atomic E-state index is 13.4. The maximum Gasteiger partial charge on any atom is 0.244 e. The Balaban J connectivity index is 1.78. The van der Waals surface area contributed by atoms with Crippen LogP contribution < -0.4 is 0 Å². The average molecular weight is 386 g/mol. The molecule has 2 saturated heterocycles. The van der Waals surface area contributed by atoms with Crippen LogP contribution in [0, 0.1) is 0 Å². The molecule has 27 heavy (non-hydrogen) atoms. The van der Waals surface area contributed by atoms with Gasteiger partial charge in [-0.15, -0.1) is 0 Å². The molecule has 7 heteroatoms. The monoisotopic (exact) mass is 386 g/mol. The molecule has 2 aliphatic rings. The van der Waals surface area contributed by atoms with Crippen LogP contribution in [0.1, 0.15) is 18.4 Å². The zero-order valence-corrected chi connectivity index (χ0v) is 15.8. The lowest BCUT2D eigenvalue weighted by Crippen LogP contribution is -2.85. The topological polar surface area (TPSA) is 77.9 Å². The predicted molar refractivity (Wildman–Crippen MR) is 101 cm³/mol. The minimum atomic E-state index is -3.79. The lowest BCUT2D eigenvalue weighted by atomic mass is 9.63. The van der Waals surface area contributed by atoms with Crippen LogP contribution in [-0.4, -0.2) is 59.9 Å². The molecule has 1 amide bonds. The summed E-state index contributed by atoms with van der Waals surface area (Å²) < 4.78 is 28.2. The quantitative estimate of drug-likeness (QED) is 0.863. The van der Waals surface area contributed by atoms with Gasteiger partial charge in [0.25, 0.3) is 0 Å². The van der Waals surface area contributed by atoms with Crippen molar-refractivity contribution in [2.75, 3.05) is 19.7 Å². The molecular weight excluding hydrogens is 364 g/mol. The molecule has 0 unspecified atom stereocenters. The predicted octanol–water partition coefficient (Wildman–Crippen LogP) is 1.44. The van der Waals surface area contributed by atoms with Gasteiger partial charge in [-0.25, -0.2) is 8.42 Å². The standard InChI is InChI=1S/C20H22N2O4S/c1-15(24)21-13-20(14-21)19(16-8-4-2-5-9-16)18(12-23)22(20)27(25,26)17-10-6-3-7-11-17/h2-11,18-19,23H,12-14H2,1H3/t18-,19+/m0/s1. The smallest absolute Gasteiger partial charge is 0.244 e. The van der Waals surface area contributed by atoms with Crippen molar-refractivity contribution in [2.45, 2.75) is 29.3 Å². The van der Waals surface area contributed by atoms with Gasteiger partial charge in [0.2, 0.25) is 15.9 Å². The number of benzene rings is 2. The lowest BCUT2D eigenvalue weighted by Gasteiger charge is -2.69. The van der Waals surface area contributed by atoms with E-state index >= 15 is 0 Å². The van der Waals surface area contributed by atoms with Gasteiger partial charge < -0.3 is 10.0 Å². The van der Waals surface area contributed by atoms with Gasteiger partial charge in [-0.2, -0.15) is 4.31 Å². The number of carbonyl (C=O) groups excluding carboxylic acids is 1. The van der Waals surface area contributed by atoms with Gasteiger partial charge in [-0.05, 0) is 17.7 Å². The first-order chi connectivity index (χ1) is 12.9. The Morgan fingerprint density at radius 3 is 2.15 bits per heavy atom. The van der Waals surface area contributed by atoms with Crippen LogP contribution in [0.25, 0.3) is 0 Å². The molecule has 142 valence electrons. The van der Waals surface area contributed by atoms with Gasteiger partial charge in [0.1, 0.15) is 0 Å². The molecule has 1 spiro atoms. The summed E-state index contributed by atoms with van der Waals surface area (Å²) in [6.07, 6.45) is 0. The number of sulfonamides is 1. The summed E-state index contributed by atoms with van der Waals surface area (Å²) in [5.41, 5.74) is 0.272. The van der Waals surface area contributed by atoms with Gasteiger partial charge in [-0.1, -0.05) is 48.5 Å². The fourth-order valence-electron chi connectivity index (χ4n) is 4.55. The number of nitrogens with zero attached hydrogens (tertiary/aromatic N) is 2. The first-order valence-corrected chi connectivity index (χ1v) is 10.4. The maximum absolute atomic E-state index is 13.4. The zero-order chi connectivity index (χ0) is 19.2. The van der Waals surface area contributed by atoms with Gasteiger partial charge in [0, 0.05) is 25.9 Å². The number of hydrogen-bond donors (Lipinski definition) is 1. The minimum absolute atomic E-state index is 0.0723. The third-order valence-corrected chi connectivity index (χ3v) is 7.74. The van der Waals surface area contributed by atoms with Crippen molar-refractivity contribution in [1.29, 1.82) is 0 Å². The molecule has 0 aliphatic carbocycles. The van der Waals surface area contributed by atoms with E-state index in [1.165, 1.54) is 11.2 Å². The molecule has 0 radical (unpaired) electrons. The van der Waals surface area contributed by atoms with E-state index in [2.05, 4.69) is 0 Å². The Labute approximate surface area is 159 Å². The molecular formula is C20H22N2O4S. The van der Waals surface area contributed by atoms with Crippen molar-refractivity contribution in [3.05, 3.63) is 66.2 Å². The van der Waals surface area contributed by atoms with Crippen LogP contribution in [0.2, 0.25) is 0 Å². The van der Waals surface area contributed by atoms with Crippen molar-refractivity contribution in [3.8, 4) is 0 Å². The average Bonchev–Trinajstić information content (AvgIpc) is 2.61. The van der Waals surface area contributed by atoms with E-state index < -0.39 is 21.6 Å². The highest BCUT2D eigenvalue weighted by Gasteiger charge is 2.70. The van der Waals surface area contributed by atoms with E-state index in [1.54, 1.807) is 35.2 Å². The van der Waals surface area contributed by atoms with Crippen LogP contribution >= 0.6 is 0 Å². The number of amides is 1. The van der Waals surface area contributed by atoms with Crippen molar-refractivity contribution in [1.82, 2.24) is 9.21 Å². The molecule has 2 aromatic rings. The van der Waals surface area contributed by atoms with E-state index in [4.69, 9.17) is 0 Å². The van der Waals surface area contributed by atoms with Gasteiger partial charge in [-0.3, -0.25) is 4.79 Å². The molecule has 2 fully saturated rings. The molecule has 6 nitrogen and oxygen atoms in total. The van der Waals surface area contributed by atoms with Crippen molar-refractivity contribution in [2.24, 2.45) is 0 Å². The highest BCUT2D eigenvalue weighted by atomic mass is 32.2. The number of aliphatic hydroxyl groups excluding tert-OH is 1. The summed E-state index contributed by atoms with van der Waals surface area (Å²) in [4.78, 5) is 13.6. The fraction of sp³-hybridized carbons (Fsp3) is 0.350. The summed E-state index contributed by atoms with van der Waals surface area (Å²) in [6, 6.07) is 17.4. The second-order valence-electron chi connectivity index (χ2n) is 7.23. The van der Waals surface area contributed by atoms with Crippen LogP contribution in [0.3, 0.4) is 0 Å². The van der Waals surface area contributed by atoms with E-state index in [9.17, 15) is 18.3 Å². The second-order valence-corrected chi connectivity index (χ2v) is 9.05. The van der Waals surface area contributed by atoms with Crippen molar-refractivity contribution in [3.63, 3.8) is 0 Å². The van der Waals surface area contributed by atoms with Crippen LogP contribution in [0.15, 0.2) is 65.6 Å². The van der Waals surface area contributed by atoms with E-state index in [0.717, 1.165) is 5.56 Å². The van der Waals surface area contributed by atoms with Crippen LogP contribution in [-0.2, 0) is 14.8 Å². The third-order valence-electron chi connectivity index (χ3n) is 5.72. The Morgan fingerprint density at radius 1 is 1.07 bits per heavy atom. The largest absolute Gasteiger partial charge is 0.395 e. The highest BCUT2D eigenvalue weighted by molar-refractivity contribution is 7.89. The number of aliphatic hydroxyl groups is 1. The van der Waals surface area contributed by atoms with Crippen LogP contribution in [0.5, 0.6) is 0 Å². The summed E-state index contributed by atoms with van der Waals surface area (Å²) in [7, 11) is -3.79. The third kappa shape index (κ3) is 2.61. The van der Waals surface area contributed by atoms with Gasteiger partial charge in [0.05, 0.1) is 23.1 Å². The number of hydrogen-bond acceptors (Lipinski definition) is 4. The molecule has 0 bridgehead atoms. The zero-order valence-electron chi connectivity index (χ0n) is 15.0. The summed E-state index contributed by atoms with van der Waals surface area (Å²) >= 11 is 0. The molecule has 4 rings (SSSR count). The number of carbonyl (C=O) groups is 1. The van der Waals surface area contributed by atoms with E-state index in [1.807, 2.05) is 30.3 Å². The Hall–Kier alpha value is -2.22. The molecule has 2 aliphatic heterocycles. The van der Waals surface area contributed by atoms with E-state index in [-0.39, 0.29) is 23.3 Å².